The molecule has 0 aromatic carbocycles. The molecule has 1 atom stereocenters. The normalized spacial score (nSPS) is 12.9. The summed E-state index contributed by atoms with van der Waals surface area (Å²) in [6.07, 6.45) is 6.45. The van der Waals surface area contributed by atoms with Crippen LogP contribution >= 0.6 is 0 Å². The van der Waals surface area contributed by atoms with Gasteiger partial charge in [-0.3, -0.25) is 16.0 Å². The molecule has 0 amide bonds. The summed E-state index contributed by atoms with van der Waals surface area (Å²) in [6.45, 7) is 1.98. The highest BCUT2D eigenvalue weighted by molar-refractivity contribution is 5.21. The molecule has 3 N–H and O–H groups in total. The molecule has 0 saturated heterocycles. The van der Waals surface area contributed by atoms with Gasteiger partial charge >= 0.3 is 0 Å². The molecule has 2 heterocycles. The number of rotatable bonds is 4. The second-order valence-electron chi connectivity index (χ2n) is 4.22. The monoisotopic (exact) mass is 234 g/mol. The summed E-state index contributed by atoms with van der Waals surface area (Å²) < 4.78 is 3.80. The number of nitrogens with zero attached hydrogens (tertiary/aromatic N) is 4. The van der Waals surface area contributed by atoms with Crippen LogP contribution in [0, 0.1) is 6.92 Å². The van der Waals surface area contributed by atoms with Gasteiger partial charge in [-0.2, -0.15) is 5.10 Å². The van der Waals surface area contributed by atoms with Gasteiger partial charge in [0.1, 0.15) is 5.82 Å². The van der Waals surface area contributed by atoms with Crippen LogP contribution in [0.4, 0.5) is 0 Å². The number of hydrogen-bond acceptors (Lipinski definition) is 4. The fraction of sp³-hybridized carbons (Fsp3) is 0.455. The molecule has 0 aliphatic rings. The van der Waals surface area contributed by atoms with Crippen molar-refractivity contribution in [1.29, 1.82) is 0 Å². The van der Waals surface area contributed by atoms with E-state index < -0.39 is 0 Å². The van der Waals surface area contributed by atoms with Crippen LogP contribution in [0.25, 0.3) is 0 Å². The van der Waals surface area contributed by atoms with Crippen molar-refractivity contribution in [3.63, 3.8) is 0 Å². The van der Waals surface area contributed by atoms with Crippen molar-refractivity contribution >= 4 is 0 Å². The Morgan fingerprint density at radius 2 is 2.24 bits per heavy atom. The minimum Gasteiger partial charge on any atom is -0.338 e. The number of hydrogen-bond donors (Lipinski definition) is 2. The molecule has 6 nitrogen and oxygen atoms in total. The first-order chi connectivity index (χ1) is 8.11. The van der Waals surface area contributed by atoms with Gasteiger partial charge in [0.2, 0.25) is 0 Å². The lowest BCUT2D eigenvalue weighted by Gasteiger charge is -2.14. The summed E-state index contributed by atoms with van der Waals surface area (Å²) in [5.41, 5.74) is 4.93. The minimum atomic E-state index is 0.0322. The second-order valence-corrected chi connectivity index (χ2v) is 4.22. The van der Waals surface area contributed by atoms with Gasteiger partial charge in [-0.25, -0.2) is 4.98 Å². The number of nitrogens with two attached hydrogens (primary N) is 1. The average Bonchev–Trinajstić information content (AvgIpc) is 2.82. The number of hydrazine groups is 1. The molecular weight excluding hydrogens is 216 g/mol. The first-order valence-corrected chi connectivity index (χ1v) is 5.54. The van der Waals surface area contributed by atoms with Crippen molar-refractivity contribution in [2.75, 3.05) is 0 Å². The Bertz CT molecular complexity index is 498. The van der Waals surface area contributed by atoms with Crippen molar-refractivity contribution < 1.29 is 0 Å². The topological polar surface area (TPSA) is 73.7 Å². The highest BCUT2D eigenvalue weighted by Gasteiger charge is 2.17. The first-order valence-electron chi connectivity index (χ1n) is 5.54. The molecule has 0 aliphatic heterocycles. The quantitative estimate of drug-likeness (QED) is 0.586. The van der Waals surface area contributed by atoms with Gasteiger partial charge in [-0.05, 0) is 6.92 Å². The minimum absolute atomic E-state index is 0.0322. The molecular formula is C11H18N6. The maximum Gasteiger partial charge on any atom is 0.110 e. The Kier molecular flexibility index (Phi) is 3.26. The molecule has 2 aromatic heterocycles. The fourth-order valence-electron chi connectivity index (χ4n) is 1.99. The molecule has 1 unspecified atom stereocenters. The third-order valence-electron chi connectivity index (χ3n) is 2.94. The molecule has 0 saturated carbocycles. The molecule has 0 aliphatic carbocycles. The lowest BCUT2D eigenvalue weighted by atomic mass is 10.1. The van der Waals surface area contributed by atoms with E-state index in [1.807, 2.05) is 38.0 Å². The molecule has 92 valence electrons. The van der Waals surface area contributed by atoms with E-state index in [0.717, 1.165) is 23.5 Å². The van der Waals surface area contributed by atoms with E-state index in [9.17, 15) is 0 Å². The highest BCUT2D eigenvalue weighted by atomic mass is 15.3. The summed E-state index contributed by atoms with van der Waals surface area (Å²) >= 11 is 0. The van der Waals surface area contributed by atoms with Gasteiger partial charge in [0.25, 0.3) is 0 Å². The van der Waals surface area contributed by atoms with Crippen LogP contribution in [0.5, 0.6) is 0 Å². The van der Waals surface area contributed by atoms with E-state index in [1.165, 1.54) is 0 Å². The summed E-state index contributed by atoms with van der Waals surface area (Å²) in [6, 6.07) is 0.0322. The highest BCUT2D eigenvalue weighted by Crippen LogP contribution is 2.19. The standard InChI is InChI=1S/C11H18N6/c1-8-9(7-17(3)15-8)10(14-12)6-11-13-4-5-16(11)2/h4-5,7,10,14H,6,12H2,1-3H3. The fourth-order valence-corrected chi connectivity index (χ4v) is 1.99. The molecule has 0 spiro atoms. The van der Waals surface area contributed by atoms with Gasteiger partial charge < -0.3 is 4.57 Å². The first kappa shape index (κ1) is 11.8. The van der Waals surface area contributed by atoms with Crippen molar-refractivity contribution in [2.24, 2.45) is 19.9 Å². The number of nitrogens with one attached hydrogen (secondary N) is 1. The smallest absolute Gasteiger partial charge is 0.110 e. The number of aromatic nitrogens is 4. The Labute approximate surface area is 100 Å². The predicted molar refractivity (Wildman–Crippen MR) is 64.9 cm³/mol. The summed E-state index contributed by atoms with van der Waals surface area (Å²) in [5, 5.41) is 4.33. The van der Waals surface area contributed by atoms with Crippen LogP contribution in [0.3, 0.4) is 0 Å². The van der Waals surface area contributed by atoms with Crippen LogP contribution in [0.1, 0.15) is 23.1 Å². The van der Waals surface area contributed by atoms with Crippen LogP contribution in [-0.2, 0) is 20.5 Å². The van der Waals surface area contributed by atoms with E-state index >= 15 is 0 Å². The zero-order valence-electron chi connectivity index (χ0n) is 10.4. The molecule has 0 fully saturated rings. The van der Waals surface area contributed by atoms with Crippen LogP contribution in [0.15, 0.2) is 18.6 Å². The zero-order valence-corrected chi connectivity index (χ0v) is 10.4. The Balaban J connectivity index is 2.23. The molecule has 2 rings (SSSR count). The molecule has 2 aromatic rings. The third kappa shape index (κ3) is 2.37. The summed E-state index contributed by atoms with van der Waals surface area (Å²) in [5.74, 6) is 6.62. The zero-order chi connectivity index (χ0) is 12.4. The van der Waals surface area contributed by atoms with Crippen molar-refractivity contribution in [3.8, 4) is 0 Å². The second kappa shape index (κ2) is 4.68. The van der Waals surface area contributed by atoms with E-state index in [2.05, 4.69) is 15.5 Å². The van der Waals surface area contributed by atoms with Gasteiger partial charge in [0, 0.05) is 44.7 Å². The van der Waals surface area contributed by atoms with Crippen LogP contribution in [0.2, 0.25) is 0 Å². The Morgan fingerprint density at radius 1 is 1.47 bits per heavy atom. The molecule has 17 heavy (non-hydrogen) atoms. The Hall–Kier alpha value is -1.66. The van der Waals surface area contributed by atoms with E-state index in [0.29, 0.717) is 0 Å². The molecule has 6 heteroatoms. The van der Waals surface area contributed by atoms with Crippen LogP contribution in [-0.4, -0.2) is 19.3 Å². The van der Waals surface area contributed by atoms with Gasteiger partial charge in [-0.1, -0.05) is 0 Å². The SMILES string of the molecule is Cc1nn(C)cc1C(Cc1nccn1C)NN. The lowest BCUT2D eigenvalue weighted by molar-refractivity contribution is 0.528. The average molecular weight is 234 g/mol. The van der Waals surface area contributed by atoms with Gasteiger partial charge in [0.15, 0.2) is 0 Å². The number of aryl methyl sites for hydroxylation is 3. The molecule has 0 bridgehead atoms. The maximum absolute atomic E-state index is 5.63. The lowest BCUT2D eigenvalue weighted by Crippen LogP contribution is -2.30. The van der Waals surface area contributed by atoms with Crippen molar-refractivity contribution in [2.45, 2.75) is 19.4 Å². The van der Waals surface area contributed by atoms with Crippen molar-refractivity contribution in [1.82, 2.24) is 24.8 Å². The van der Waals surface area contributed by atoms with Gasteiger partial charge in [-0.15, -0.1) is 0 Å². The summed E-state index contributed by atoms with van der Waals surface area (Å²) in [4.78, 5) is 4.31. The number of imidazole rings is 1. The largest absolute Gasteiger partial charge is 0.338 e. The van der Waals surface area contributed by atoms with Crippen molar-refractivity contribution in [3.05, 3.63) is 35.7 Å². The third-order valence-corrected chi connectivity index (χ3v) is 2.94. The van der Waals surface area contributed by atoms with Gasteiger partial charge in [0.05, 0.1) is 11.7 Å². The molecule has 0 radical (unpaired) electrons. The summed E-state index contributed by atoms with van der Waals surface area (Å²) in [7, 11) is 3.89. The van der Waals surface area contributed by atoms with E-state index in [4.69, 9.17) is 5.84 Å². The van der Waals surface area contributed by atoms with E-state index in [-0.39, 0.29) is 6.04 Å². The predicted octanol–water partition coefficient (Wildman–Crippen LogP) is 0.209. The maximum atomic E-state index is 5.63. The van der Waals surface area contributed by atoms with E-state index in [1.54, 1.807) is 10.9 Å². The van der Waals surface area contributed by atoms with Crippen LogP contribution < -0.4 is 11.3 Å². The Morgan fingerprint density at radius 3 is 2.71 bits per heavy atom.